The van der Waals surface area contributed by atoms with E-state index in [2.05, 4.69) is 38.1 Å². The van der Waals surface area contributed by atoms with Crippen molar-refractivity contribution in [3.8, 4) is 0 Å². The predicted octanol–water partition coefficient (Wildman–Crippen LogP) is 4.18. The number of nitrogens with zero attached hydrogens (tertiary/aromatic N) is 4. The summed E-state index contributed by atoms with van der Waals surface area (Å²) in [7, 11) is 2.16. The zero-order chi connectivity index (χ0) is 23.4. The third kappa shape index (κ3) is 6.23. The molecule has 0 aliphatic carbocycles. The average molecular weight is 467 g/mol. The number of aromatic nitrogens is 4. The number of rotatable bonds is 7. The number of piperidine rings is 1. The summed E-state index contributed by atoms with van der Waals surface area (Å²) in [6.07, 6.45) is 2.16. The molecular weight excluding hydrogens is 436 g/mol. The van der Waals surface area contributed by atoms with E-state index in [1.165, 1.54) is 18.7 Å². The number of aryl methyl sites for hydroxylation is 1. The first-order valence-electron chi connectivity index (χ1n) is 11.0. The second kappa shape index (κ2) is 10.2. The number of H-pyrrole nitrogens is 1. The van der Waals surface area contributed by atoms with Crippen molar-refractivity contribution >= 4 is 40.8 Å². The van der Waals surface area contributed by atoms with Crippen LogP contribution in [0.25, 0.3) is 0 Å². The lowest BCUT2D eigenvalue weighted by atomic mass is 10.1. The van der Waals surface area contributed by atoms with Crippen LogP contribution in [0.3, 0.4) is 0 Å². The highest BCUT2D eigenvalue weighted by molar-refractivity contribution is 7.99. The predicted molar refractivity (Wildman–Crippen MR) is 132 cm³/mol. The largest absolute Gasteiger partial charge is 0.367 e. The summed E-state index contributed by atoms with van der Waals surface area (Å²) in [4.78, 5) is 24.2. The summed E-state index contributed by atoms with van der Waals surface area (Å²) < 4.78 is 0. The normalized spacial score (nSPS) is 14.8. The van der Waals surface area contributed by atoms with Gasteiger partial charge in [0.05, 0.1) is 0 Å². The molecule has 1 saturated heterocycles. The minimum atomic E-state index is -0.0915. The van der Waals surface area contributed by atoms with Crippen molar-refractivity contribution in [3.63, 3.8) is 0 Å². The number of benzene rings is 1. The van der Waals surface area contributed by atoms with Gasteiger partial charge in [0.2, 0.25) is 5.91 Å². The number of hydrogen-bond acceptors (Lipinski definition) is 8. The van der Waals surface area contributed by atoms with Crippen molar-refractivity contribution in [1.82, 2.24) is 25.1 Å². The van der Waals surface area contributed by atoms with E-state index in [4.69, 9.17) is 9.97 Å². The number of anilines is 4. The van der Waals surface area contributed by atoms with Crippen LogP contribution in [0.5, 0.6) is 0 Å². The number of hydrogen-bond donors (Lipinski definition) is 4. The fraction of sp³-hybridized carbons (Fsp3) is 0.391. The van der Waals surface area contributed by atoms with E-state index < -0.39 is 0 Å². The smallest absolute Gasteiger partial charge is 0.221 e. The molecule has 4 N–H and O–H groups in total. The van der Waals surface area contributed by atoms with Crippen LogP contribution in [-0.2, 0) is 4.79 Å². The molecule has 4 rings (SSSR count). The van der Waals surface area contributed by atoms with Gasteiger partial charge in [-0.3, -0.25) is 9.89 Å². The van der Waals surface area contributed by atoms with E-state index in [1.807, 2.05) is 44.2 Å². The topological polar surface area (TPSA) is 111 Å². The van der Waals surface area contributed by atoms with Gasteiger partial charge in [0.1, 0.15) is 11.6 Å². The molecule has 1 amide bonds. The molecule has 33 heavy (non-hydrogen) atoms. The molecule has 1 fully saturated rings. The summed E-state index contributed by atoms with van der Waals surface area (Å²) in [5, 5.41) is 17.7. The maximum atomic E-state index is 11.3. The number of carbonyl (C=O) groups is 1. The van der Waals surface area contributed by atoms with Crippen LogP contribution in [-0.4, -0.2) is 57.2 Å². The third-order valence-corrected chi connectivity index (χ3v) is 6.39. The Morgan fingerprint density at radius 1 is 1.12 bits per heavy atom. The number of nitrogens with one attached hydrogen (secondary N) is 4. The summed E-state index contributed by atoms with van der Waals surface area (Å²) in [5.74, 6) is 2.19. The summed E-state index contributed by atoms with van der Waals surface area (Å²) >= 11 is 1.48. The number of carbonyl (C=O) groups excluding carboxylic acids is 1. The fourth-order valence-corrected chi connectivity index (χ4v) is 4.43. The zero-order valence-electron chi connectivity index (χ0n) is 19.4. The van der Waals surface area contributed by atoms with Crippen LogP contribution in [0.1, 0.15) is 31.0 Å². The highest BCUT2D eigenvalue weighted by Crippen LogP contribution is 2.32. The van der Waals surface area contributed by atoms with E-state index in [0.29, 0.717) is 11.2 Å². The van der Waals surface area contributed by atoms with Gasteiger partial charge in [-0.05, 0) is 82.9 Å². The lowest BCUT2D eigenvalue weighted by Gasteiger charge is -2.30. The molecule has 3 aromatic rings. The third-order valence-electron chi connectivity index (χ3n) is 5.52. The van der Waals surface area contributed by atoms with Crippen LogP contribution >= 0.6 is 11.8 Å². The van der Waals surface area contributed by atoms with E-state index >= 15 is 0 Å². The molecule has 1 aliphatic heterocycles. The van der Waals surface area contributed by atoms with Crippen LogP contribution in [0, 0.1) is 13.8 Å². The van der Waals surface area contributed by atoms with Crippen molar-refractivity contribution in [3.05, 3.63) is 41.6 Å². The molecule has 0 atom stereocenters. The minimum absolute atomic E-state index is 0.0915. The molecular formula is C23H30N8OS. The molecule has 2 aromatic heterocycles. The monoisotopic (exact) mass is 466 g/mol. The Balaban J connectivity index is 1.59. The summed E-state index contributed by atoms with van der Waals surface area (Å²) in [5.41, 5.74) is 2.69. The molecule has 1 aliphatic rings. The Bertz CT molecular complexity index is 1110. The van der Waals surface area contributed by atoms with Crippen molar-refractivity contribution in [2.45, 2.75) is 49.7 Å². The quantitative estimate of drug-likeness (QED) is 0.384. The number of amides is 1. The Labute approximate surface area is 198 Å². The Kier molecular flexibility index (Phi) is 7.14. The first-order chi connectivity index (χ1) is 15.9. The molecule has 0 unspecified atom stereocenters. The molecule has 0 saturated carbocycles. The van der Waals surface area contributed by atoms with Crippen molar-refractivity contribution in [2.75, 3.05) is 36.1 Å². The van der Waals surface area contributed by atoms with E-state index in [9.17, 15) is 4.79 Å². The van der Waals surface area contributed by atoms with Gasteiger partial charge in [0.15, 0.2) is 11.0 Å². The molecule has 0 spiro atoms. The van der Waals surface area contributed by atoms with Gasteiger partial charge < -0.3 is 20.9 Å². The first kappa shape index (κ1) is 23.1. The van der Waals surface area contributed by atoms with Crippen LogP contribution in [0.2, 0.25) is 0 Å². The maximum absolute atomic E-state index is 11.3. The van der Waals surface area contributed by atoms with Crippen molar-refractivity contribution in [1.29, 1.82) is 0 Å². The van der Waals surface area contributed by atoms with E-state index in [-0.39, 0.29) is 5.91 Å². The molecule has 0 bridgehead atoms. The fourth-order valence-electron chi connectivity index (χ4n) is 3.67. The highest BCUT2D eigenvalue weighted by atomic mass is 32.2. The van der Waals surface area contributed by atoms with Gasteiger partial charge in [-0.1, -0.05) is 0 Å². The van der Waals surface area contributed by atoms with Gasteiger partial charge in [-0.25, -0.2) is 9.97 Å². The highest BCUT2D eigenvalue weighted by Gasteiger charge is 2.20. The Hall–Kier alpha value is -3.11. The lowest BCUT2D eigenvalue weighted by molar-refractivity contribution is -0.114. The first-order valence-corrected chi connectivity index (χ1v) is 11.9. The zero-order valence-corrected chi connectivity index (χ0v) is 20.2. The molecule has 174 valence electrons. The van der Waals surface area contributed by atoms with E-state index in [1.54, 1.807) is 0 Å². The van der Waals surface area contributed by atoms with Gasteiger partial charge >= 0.3 is 0 Å². The summed E-state index contributed by atoms with van der Waals surface area (Å²) in [6.45, 7) is 7.63. The second-order valence-corrected chi connectivity index (χ2v) is 9.46. The molecule has 0 radical (unpaired) electrons. The number of aromatic amines is 1. The van der Waals surface area contributed by atoms with Gasteiger partial charge in [-0.2, -0.15) is 5.10 Å². The molecule has 3 heterocycles. The summed E-state index contributed by atoms with van der Waals surface area (Å²) in [6, 6.07) is 9.98. The lowest BCUT2D eigenvalue weighted by Crippen LogP contribution is -2.37. The molecule has 10 heteroatoms. The Morgan fingerprint density at radius 3 is 2.45 bits per heavy atom. The molecule has 9 nitrogen and oxygen atoms in total. The van der Waals surface area contributed by atoms with Gasteiger partial charge in [0.25, 0.3) is 0 Å². The standard InChI is InChI=1S/C23H30N8OS/c1-14-13-20(30-29-14)26-22-15(2)21(25-18-9-11-31(4)12-10-18)27-23(28-22)33-19-7-5-17(6-8-19)24-16(3)32/h5-8,13,18H,9-12H2,1-4H3,(H,24,32)(H3,25,26,27,28,29,30). The second-order valence-electron chi connectivity index (χ2n) is 8.42. The molecule has 1 aromatic carbocycles. The SMILES string of the molecule is CC(=O)Nc1ccc(Sc2nc(Nc3cc(C)[nH]n3)c(C)c(NC3CCN(C)CC3)n2)cc1. The average Bonchev–Trinajstić information content (AvgIpc) is 3.18. The van der Waals surface area contributed by atoms with Crippen LogP contribution < -0.4 is 16.0 Å². The van der Waals surface area contributed by atoms with Gasteiger partial charge in [0, 0.05) is 40.9 Å². The van der Waals surface area contributed by atoms with Crippen LogP contribution in [0.15, 0.2) is 40.4 Å². The number of likely N-dealkylation sites (tertiary alicyclic amines) is 1. The maximum Gasteiger partial charge on any atom is 0.221 e. The van der Waals surface area contributed by atoms with Crippen molar-refractivity contribution in [2.24, 2.45) is 0 Å². The van der Waals surface area contributed by atoms with Gasteiger partial charge in [-0.15, -0.1) is 0 Å². The minimum Gasteiger partial charge on any atom is -0.367 e. The van der Waals surface area contributed by atoms with Crippen LogP contribution in [0.4, 0.5) is 23.1 Å². The van der Waals surface area contributed by atoms with E-state index in [0.717, 1.165) is 65.2 Å². The van der Waals surface area contributed by atoms with Crippen molar-refractivity contribution < 1.29 is 4.79 Å². The Morgan fingerprint density at radius 2 is 1.82 bits per heavy atom.